The van der Waals surface area contributed by atoms with Crippen molar-refractivity contribution in [2.45, 2.75) is 27.7 Å². The number of allylic oxidation sites excluding steroid dienone is 4. The Kier molecular flexibility index (Phi) is 12.6. The van der Waals surface area contributed by atoms with Crippen molar-refractivity contribution in [1.82, 2.24) is 0 Å². The van der Waals surface area contributed by atoms with Crippen LogP contribution in [0.3, 0.4) is 0 Å². The number of hydrogen-bond donors (Lipinski definition) is 0. The fourth-order valence-electron chi connectivity index (χ4n) is 2.23. The third-order valence-corrected chi connectivity index (χ3v) is 3.78. The molecule has 0 aromatic heterocycles. The van der Waals surface area contributed by atoms with Gasteiger partial charge in [-0.05, 0) is 0 Å². The van der Waals surface area contributed by atoms with Gasteiger partial charge in [-0.15, -0.1) is 36.6 Å². The average molecular weight is 342 g/mol. The minimum Gasteiger partial charge on any atom is -0.168 e. The molecule has 22 heavy (non-hydrogen) atoms. The van der Waals surface area contributed by atoms with E-state index >= 15 is 0 Å². The van der Waals surface area contributed by atoms with E-state index in [4.69, 9.17) is 0 Å². The van der Waals surface area contributed by atoms with E-state index in [0.717, 1.165) is 0 Å². The van der Waals surface area contributed by atoms with Crippen molar-refractivity contribution in [3.63, 3.8) is 0 Å². The van der Waals surface area contributed by atoms with E-state index in [1.807, 2.05) is 0 Å². The molecule has 1 atom stereocenters. The Balaban J connectivity index is 0. The predicted octanol–water partition coefficient (Wildman–Crippen LogP) is 5.80. The molecule has 0 aliphatic heterocycles. The molecule has 3 rings (SSSR count). The Bertz CT molecular complexity index is 589. The SMILES string of the molecule is CC1=[C-]C(C)C(C)=C1C.[CH3-].[CH3-].[Si]=[Ti].c1ccc2[cH-]ccc2c1. The summed E-state index contributed by atoms with van der Waals surface area (Å²) >= 11 is 1.81. The zero-order valence-corrected chi connectivity index (χ0v) is 17.2. The van der Waals surface area contributed by atoms with Gasteiger partial charge in [-0.3, -0.25) is 6.08 Å². The molecule has 2 heteroatoms. The van der Waals surface area contributed by atoms with Crippen LogP contribution in [0.15, 0.2) is 59.2 Å². The van der Waals surface area contributed by atoms with Crippen LogP contribution in [0, 0.1) is 26.8 Å². The standard InChI is InChI=1S/C9H7.C9H13.2CH3.Si.Ti/c1-2-5-9-7-3-6-8(9)4-1;1-6-5-7(2)9(4)8(6)3;;;;/h1-7H;6H,1-4H3;2*1H3;;/q4*-1;;. The molecule has 0 amide bonds. The van der Waals surface area contributed by atoms with Gasteiger partial charge in [0.15, 0.2) is 0 Å². The van der Waals surface area contributed by atoms with Gasteiger partial charge in [0, 0.05) is 0 Å². The van der Waals surface area contributed by atoms with Gasteiger partial charge >= 0.3 is 26.8 Å². The molecule has 1 unspecified atom stereocenters. The Morgan fingerprint density at radius 1 is 1.05 bits per heavy atom. The molecule has 0 saturated heterocycles. The van der Waals surface area contributed by atoms with Crippen molar-refractivity contribution >= 4 is 18.4 Å². The second-order valence-electron chi connectivity index (χ2n) is 4.95. The fourth-order valence-corrected chi connectivity index (χ4v) is 2.23. The number of fused-ring (bicyclic) bond motifs is 1. The largest absolute Gasteiger partial charge is 0.168 e. The Morgan fingerprint density at radius 2 is 1.64 bits per heavy atom. The van der Waals surface area contributed by atoms with Crippen LogP contribution >= 0.6 is 0 Å². The summed E-state index contributed by atoms with van der Waals surface area (Å²) in [6.07, 6.45) is 3.36. The van der Waals surface area contributed by atoms with Gasteiger partial charge < -0.3 is 14.9 Å². The zero-order valence-electron chi connectivity index (χ0n) is 14.6. The van der Waals surface area contributed by atoms with Crippen LogP contribution in [0.1, 0.15) is 27.7 Å². The van der Waals surface area contributed by atoms with Gasteiger partial charge in [-0.25, -0.2) is 5.57 Å². The molecule has 2 aromatic rings. The summed E-state index contributed by atoms with van der Waals surface area (Å²) in [5.74, 6) is 0.560. The van der Waals surface area contributed by atoms with E-state index in [9.17, 15) is 0 Å². The number of hydrogen-bond acceptors (Lipinski definition) is 0. The van der Waals surface area contributed by atoms with Crippen molar-refractivity contribution in [3.8, 4) is 0 Å². The maximum Gasteiger partial charge on any atom is -0.0809 e. The van der Waals surface area contributed by atoms with E-state index in [0.29, 0.717) is 5.92 Å². The molecule has 0 nitrogen and oxygen atoms in total. The van der Waals surface area contributed by atoms with Gasteiger partial charge in [0.2, 0.25) is 0 Å². The first-order valence-corrected chi connectivity index (χ1v) is 9.57. The Morgan fingerprint density at radius 3 is 2.05 bits per heavy atom. The predicted molar refractivity (Wildman–Crippen MR) is 98.1 cm³/mol. The van der Waals surface area contributed by atoms with Crippen molar-refractivity contribution < 1.29 is 19.2 Å². The Labute approximate surface area is 151 Å². The first kappa shape index (κ1) is 23.5. The fraction of sp³-hybridized carbons (Fsp3) is 0.250. The molecule has 2 aromatic carbocycles. The van der Waals surface area contributed by atoms with Gasteiger partial charge in [0.25, 0.3) is 0 Å². The first-order valence-electron chi connectivity index (χ1n) is 6.73. The summed E-state index contributed by atoms with van der Waals surface area (Å²) in [5.41, 5.74) is 4.25. The van der Waals surface area contributed by atoms with Gasteiger partial charge in [-0.1, -0.05) is 32.8 Å². The summed E-state index contributed by atoms with van der Waals surface area (Å²) in [4.78, 5) is 0. The van der Waals surface area contributed by atoms with Crippen LogP contribution in [0.5, 0.6) is 0 Å². The van der Waals surface area contributed by atoms with E-state index < -0.39 is 0 Å². The topological polar surface area (TPSA) is 0 Å². The van der Waals surface area contributed by atoms with Gasteiger partial charge in [0.05, 0.1) is 0 Å². The molecular weight excluding hydrogens is 316 g/mol. The van der Waals surface area contributed by atoms with Crippen molar-refractivity contribution in [2.75, 3.05) is 0 Å². The zero-order chi connectivity index (χ0) is 15.1. The third-order valence-electron chi connectivity index (χ3n) is 3.78. The molecule has 0 N–H and O–H groups in total. The molecule has 1 aliphatic rings. The van der Waals surface area contributed by atoms with Gasteiger partial charge in [-0.2, -0.15) is 28.7 Å². The normalized spacial score (nSPS) is 15.4. The maximum absolute atomic E-state index is 3.36. The summed E-state index contributed by atoms with van der Waals surface area (Å²) < 4.78 is 0. The number of rotatable bonds is 0. The first-order chi connectivity index (χ1) is 9.59. The second kappa shape index (κ2) is 11.8. The van der Waals surface area contributed by atoms with Crippen molar-refractivity contribution in [2.24, 2.45) is 5.92 Å². The van der Waals surface area contributed by atoms with E-state index in [1.165, 1.54) is 27.5 Å². The van der Waals surface area contributed by atoms with Crippen LogP contribution in [-0.2, 0) is 19.2 Å². The molecule has 2 radical (unpaired) electrons. The van der Waals surface area contributed by atoms with Crippen LogP contribution in [0.2, 0.25) is 0 Å². The van der Waals surface area contributed by atoms with Crippen LogP contribution < -0.4 is 0 Å². The molecule has 118 valence electrons. The monoisotopic (exact) mass is 342 g/mol. The van der Waals surface area contributed by atoms with Crippen LogP contribution in [-0.4, -0.2) is 7.63 Å². The number of benzene rings is 1. The minimum absolute atomic E-state index is 0. The molecule has 0 bridgehead atoms. The summed E-state index contributed by atoms with van der Waals surface area (Å²) in [5, 5.41) is 2.66. The molecule has 0 spiro atoms. The molecular formula is C20H26SiTi-4. The molecule has 0 heterocycles. The summed E-state index contributed by atoms with van der Waals surface area (Å²) in [6.45, 7) is 8.67. The van der Waals surface area contributed by atoms with Crippen LogP contribution in [0.25, 0.3) is 10.8 Å². The van der Waals surface area contributed by atoms with E-state index in [-0.39, 0.29) is 14.9 Å². The maximum atomic E-state index is 3.36. The van der Waals surface area contributed by atoms with Crippen LogP contribution in [0.4, 0.5) is 0 Å². The molecule has 0 saturated carbocycles. The van der Waals surface area contributed by atoms with E-state index in [1.54, 1.807) is 19.2 Å². The molecule has 0 fully saturated rings. The third kappa shape index (κ3) is 6.16. The van der Waals surface area contributed by atoms with Crippen molar-refractivity contribution in [3.05, 3.63) is 80.1 Å². The molecule has 1 aliphatic carbocycles. The van der Waals surface area contributed by atoms with Crippen molar-refractivity contribution in [1.29, 1.82) is 0 Å². The quantitative estimate of drug-likeness (QED) is 0.419. The smallest absolute Gasteiger partial charge is 0.0809 e. The van der Waals surface area contributed by atoms with E-state index in [2.05, 4.69) is 83.9 Å². The summed E-state index contributed by atoms with van der Waals surface area (Å²) in [6, 6.07) is 14.7. The van der Waals surface area contributed by atoms with Gasteiger partial charge in [0.1, 0.15) is 0 Å². The summed E-state index contributed by atoms with van der Waals surface area (Å²) in [7, 11) is 2.97. The average Bonchev–Trinajstić information content (AvgIpc) is 3.04. The Hall–Kier alpha value is -0.759. The second-order valence-corrected chi connectivity index (χ2v) is 4.95. The minimum atomic E-state index is 0.